The second kappa shape index (κ2) is 3.71. The van der Waals surface area contributed by atoms with Crippen molar-refractivity contribution in [2.24, 2.45) is 0 Å². The van der Waals surface area contributed by atoms with Crippen molar-refractivity contribution in [3.8, 4) is 0 Å². The van der Waals surface area contributed by atoms with Crippen LogP contribution in [0.5, 0.6) is 0 Å². The van der Waals surface area contributed by atoms with Gasteiger partial charge in [0.25, 0.3) is 0 Å². The molecule has 5 heteroatoms. The summed E-state index contributed by atoms with van der Waals surface area (Å²) < 4.78 is 17.5. The monoisotopic (exact) mass is 153 g/mol. The predicted molar refractivity (Wildman–Crippen MR) is 37.7 cm³/mol. The molecule has 0 saturated carbocycles. The summed E-state index contributed by atoms with van der Waals surface area (Å²) in [6.45, 7) is 0.322. The zero-order valence-electron chi connectivity index (χ0n) is 5.20. The molecule has 0 aromatic rings. The summed E-state index contributed by atoms with van der Waals surface area (Å²) in [5.41, 5.74) is 0. The first kappa shape index (κ1) is 8.74. The molecule has 3 N–H and O–H groups in total. The Hall–Kier alpha value is -0.260. The molecule has 0 unspecified atom stereocenters. The van der Waals surface area contributed by atoms with Gasteiger partial charge in [-0.3, -0.25) is 13.9 Å². The van der Waals surface area contributed by atoms with Crippen molar-refractivity contribution in [2.75, 3.05) is 18.6 Å². The van der Waals surface area contributed by atoms with Crippen LogP contribution in [-0.4, -0.2) is 34.1 Å². The summed E-state index contributed by atoms with van der Waals surface area (Å²) in [4.78, 5) is 9.63. The van der Waals surface area contributed by atoms with Gasteiger partial charge in [-0.25, -0.2) is 0 Å². The molecule has 0 radical (unpaired) electrons. The van der Waals surface area contributed by atoms with Gasteiger partial charge in [-0.1, -0.05) is 0 Å². The number of nitrogens with one attached hydrogen (secondary N) is 1. The van der Waals surface area contributed by atoms with Gasteiger partial charge in [-0.2, -0.15) is 10.6 Å². The van der Waals surface area contributed by atoms with E-state index in [-0.39, 0.29) is 5.75 Å². The molecule has 0 aliphatic rings. The molecule has 0 spiro atoms. The van der Waals surface area contributed by atoms with E-state index in [1.54, 1.807) is 0 Å². The van der Waals surface area contributed by atoms with E-state index in [2.05, 4.69) is 5.32 Å². The minimum atomic E-state index is -2.42. The third kappa shape index (κ3) is 7.74. The first-order chi connectivity index (χ1) is 4.06. The lowest BCUT2D eigenvalue weighted by atomic mass is 10.8. The summed E-state index contributed by atoms with van der Waals surface area (Å²) >= 11 is 0. The van der Waals surface area contributed by atoms with Crippen molar-refractivity contribution in [1.29, 1.82) is 0 Å². The van der Waals surface area contributed by atoms with Crippen LogP contribution in [0, 0.1) is 0 Å². The molecule has 0 bridgehead atoms. The van der Waals surface area contributed by atoms with Crippen LogP contribution in [0.15, 0.2) is 0 Å². The summed E-state index contributed by atoms with van der Waals surface area (Å²) in [5, 5.41) is 2.33. The smallest absolute Gasteiger partial charge is 0.207 e. The van der Waals surface area contributed by atoms with E-state index in [9.17, 15) is 4.79 Å². The Balaban J connectivity index is 3.17. The molecule has 0 aliphatic heterocycles. The van der Waals surface area contributed by atoms with Gasteiger partial charge in [0, 0.05) is 12.8 Å². The Morgan fingerprint density at radius 1 is 1.67 bits per heavy atom. The van der Waals surface area contributed by atoms with Crippen LogP contribution in [0.4, 0.5) is 0 Å². The molecule has 0 heterocycles. The van der Waals surface area contributed by atoms with Crippen molar-refractivity contribution in [3.63, 3.8) is 0 Å². The molecule has 0 aliphatic carbocycles. The number of hydrogen-bond donors (Lipinski definition) is 3. The van der Waals surface area contributed by atoms with E-state index in [4.69, 9.17) is 9.11 Å². The maximum Gasteiger partial charge on any atom is 0.207 e. The van der Waals surface area contributed by atoms with Gasteiger partial charge in [0.2, 0.25) is 6.41 Å². The Morgan fingerprint density at radius 3 is 2.56 bits per heavy atom. The van der Waals surface area contributed by atoms with Gasteiger partial charge < -0.3 is 5.32 Å². The van der Waals surface area contributed by atoms with Crippen molar-refractivity contribution in [2.45, 2.75) is 0 Å². The average molecular weight is 153 g/mol. The van der Waals surface area contributed by atoms with Crippen LogP contribution in [-0.2, 0) is 4.79 Å². The van der Waals surface area contributed by atoms with Crippen molar-refractivity contribution >= 4 is 17.0 Å². The van der Waals surface area contributed by atoms with Crippen LogP contribution in [0.25, 0.3) is 0 Å². The van der Waals surface area contributed by atoms with E-state index in [1.807, 2.05) is 0 Å². The zero-order chi connectivity index (χ0) is 7.33. The molecule has 0 saturated heterocycles. The summed E-state index contributed by atoms with van der Waals surface area (Å²) in [7, 11) is -2.42. The van der Waals surface area contributed by atoms with Gasteiger partial charge in [-0.15, -0.1) is 0 Å². The van der Waals surface area contributed by atoms with Crippen LogP contribution < -0.4 is 5.32 Å². The van der Waals surface area contributed by atoms with Crippen molar-refractivity contribution in [3.05, 3.63) is 0 Å². The van der Waals surface area contributed by atoms with E-state index in [0.717, 1.165) is 0 Å². The molecule has 0 aromatic carbocycles. The molecule has 1 amide bonds. The second-order valence-electron chi connectivity index (χ2n) is 1.77. The highest BCUT2D eigenvalue weighted by atomic mass is 32.3. The minimum Gasteiger partial charge on any atom is -0.357 e. The highest BCUT2D eigenvalue weighted by Gasteiger charge is 2.00. The Kier molecular flexibility index (Phi) is 3.60. The lowest BCUT2D eigenvalue weighted by molar-refractivity contribution is -0.109. The molecule has 4 nitrogen and oxygen atoms in total. The maximum absolute atomic E-state index is 9.63. The largest absolute Gasteiger partial charge is 0.357 e. The topological polar surface area (TPSA) is 69.6 Å². The van der Waals surface area contributed by atoms with Gasteiger partial charge in [0.1, 0.15) is 0 Å². The molecular weight excluding hydrogens is 142 g/mol. The fourth-order valence-electron chi connectivity index (χ4n) is 0.311. The second-order valence-corrected chi connectivity index (χ2v) is 4.17. The Labute approximate surface area is 55.6 Å². The lowest BCUT2D eigenvalue weighted by Gasteiger charge is -2.25. The normalized spacial score (nSPS) is 12.8. The Bertz CT molecular complexity index is 90.3. The van der Waals surface area contributed by atoms with Gasteiger partial charge in [0.15, 0.2) is 0 Å². The summed E-state index contributed by atoms with van der Waals surface area (Å²) in [5.74, 6) is 0.228. The average Bonchev–Trinajstić information content (AvgIpc) is 1.63. The Morgan fingerprint density at radius 2 is 2.22 bits per heavy atom. The van der Waals surface area contributed by atoms with Gasteiger partial charge in [0.05, 0.1) is 5.75 Å². The van der Waals surface area contributed by atoms with Gasteiger partial charge in [-0.05, 0) is 0 Å². The molecule has 0 atom stereocenters. The van der Waals surface area contributed by atoms with Crippen LogP contribution in [0.1, 0.15) is 0 Å². The minimum absolute atomic E-state index is 0.228. The maximum atomic E-state index is 9.63. The molecule has 0 fully saturated rings. The van der Waals surface area contributed by atoms with Crippen molar-refractivity contribution < 1.29 is 13.9 Å². The first-order valence-electron chi connectivity index (χ1n) is 2.44. The fourth-order valence-corrected chi connectivity index (χ4v) is 0.816. The van der Waals surface area contributed by atoms with Gasteiger partial charge >= 0.3 is 0 Å². The first-order valence-corrected chi connectivity index (χ1v) is 4.56. The number of rotatable bonds is 4. The number of carbonyl (C=O) groups excluding carboxylic acids is 1. The standard InChI is InChI=1S/C4H11NO3S/c1-9(7,8)3-2-5-4-6/h4,7-8H,2-3H2,1H3,(H,5,6). The molecule has 9 heavy (non-hydrogen) atoms. The third-order valence-electron chi connectivity index (χ3n) is 0.716. The third-order valence-corrected chi connectivity index (χ3v) is 1.69. The lowest BCUT2D eigenvalue weighted by Crippen LogP contribution is -2.18. The van der Waals surface area contributed by atoms with Crippen molar-refractivity contribution in [1.82, 2.24) is 5.32 Å². The SMILES string of the molecule is CS(O)(O)CCNC=O. The highest BCUT2D eigenvalue weighted by molar-refractivity contribution is 8.23. The van der Waals surface area contributed by atoms with E-state index in [1.165, 1.54) is 6.26 Å². The highest BCUT2D eigenvalue weighted by Crippen LogP contribution is 2.31. The van der Waals surface area contributed by atoms with E-state index in [0.29, 0.717) is 13.0 Å². The summed E-state index contributed by atoms with van der Waals surface area (Å²) in [6, 6.07) is 0. The molecule has 0 rings (SSSR count). The van der Waals surface area contributed by atoms with Crippen LogP contribution in [0.3, 0.4) is 0 Å². The zero-order valence-corrected chi connectivity index (χ0v) is 6.02. The quantitative estimate of drug-likeness (QED) is 0.396. The molecule has 0 aromatic heterocycles. The number of amides is 1. The van der Waals surface area contributed by atoms with Crippen LogP contribution >= 0.6 is 10.6 Å². The van der Waals surface area contributed by atoms with E-state index >= 15 is 0 Å². The fraction of sp³-hybridized carbons (Fsp3) is 0.750. The number of hydrogen-bond acceptors (Lipinski definition) is 3. The summed E-state index contributed by atoms with van der Waals surface area (Å²) in [6.07, 6.45) is 1.88. The van der Waals surface area contributed by atoms with E-state index < -0.39 is 10.6 Å². The van der Waals surface area contributed by atoms with Crippen LogP contribution in [0.2, 0.25) is 0 Å². The number of carbonyl (C=O) groups is 1. The molecular formula is C4H11NO3S. The predicted octanol–water partition coefficient (Wildman–Crippen LogP) is 0.113. The molecule has 56 valence electrons.